The third-order valence-corrected chi connectivity index (χ3v) is 8.55. The van der Waals surface area contributed by atoms with Crippen LogP contribution in [-0.4, -0.2) is 11.3 Å². The standard InChI is InChI=1S/C34H29NS/c1-22-19-23(2)33(30-21-27(17-18-35(30)4)24(3)25-11-7-5-8-12-25)34-32(22)29-20-28(15-16-31(29)36-34)26-13-9-6-10-14-26/h5-21,24H,4H2,1-3H3. The predicted octanol–water partition coefficient (Wildman–Crippen LogP) is 9.19. The van der Waals surface area contributed by atoms with Crippen molar-refractivity contribution in [3.8, 4) is 11.1 Å². The van der Waals surface area contributed by atoms with E-state index in [1.54, 1.807) is 0 Å². The Balaban J connectivity index is 1.52. The molecule has 1 nitrogen and oxygen atoms in total. The molecule has 5 aromatic rings. The largest absolute Gasteiger partial charge is 0.255 e. The average Bonchev–Trinajstić information content (AvgIpc) is 3.29. The lowest BCUT2D eigenvalue weighted by Gasteiger charge is -2.24. The first-order valence-corrected chi connectivity index (χ1v) is 13.3. The van der Waals surface area contributed by atoms with Gasteiger partial charge in [-0.15, -0.1) is 12.1 Å². The Morgan fingerprint density at radius 2 is 1.58 bits per heavy atom. The van der Waals surface area contributed by atoms with Gasteiger partial charge in [0, 0.05) is 5.56 Å². The molecule has 1 aliphatic rings. The van der Waals surface area contributed by atoms with Crippen molar-refractivity contribution in [3.05, 3.63) is 137 Å². The van der Waals surface area contributed by atoms with Crippen LogP contribution in [0.3, 0.4) is 0 Å². The van der Waals surface area contributed by atoms with Gasteiger partial charge in [0.05, 0.1) is 6.72 Å². The second-order valence-electron chi connectivity index (χ2n) is 9.72. The summed E-state index contributed by atoms with van der Waals surface area (Å²) in [5.74, 6) is 0.309. The van der Waals surface area contributed by atoms with Gasteiger partial charge in [0.1, 0.15) is 17.5 Å². The highest BCUT2D eigenvalue weighted by Gasteiger charge is 2.27. The van der Waals surface area contributed by atoms with Gasteiger partial charge in [-0.3, -0.25) is 4.58 Å². The van der Waals surface area contributed by atoms with Crippen molar-refractivity contribution in [3.63, 3.8) is 0 Å². The van der Waals surface area contributed by atoms with Crippen LogP contribution in [0.1, 0.15) is 35.1 Å². The van der Waals surface area contributed by atoms with Crippen molar-refractivity contribution in [1.82, 2.24) is 0 Å². The van der Waals surface area contributed by atoms with Gasteiger partial charge < -0.3 is 0 Å². The summed E-state index contributed by atoms with van der Waals surface area (Å²) >= 11 is 1.89. The highest BCUT2D eigenvalue weighted by molar-refractivity contribution is 7.26. The zero-order valence-electron chi connectivity index (χ0n) is 21.0. The highest BCUT2D eigenvalue weighted by Crippen LogP contribution is 2.44. The maximum atomic E-state index is 4.37. The van der Waals surface area contributed by atoms with Crippen LogP contribution in [0.5, 0.6) is 0 Å². The normalized spacial score (nSPS) is 14.5. The summed E-state index contributed by atoms with van der Waals surface area (Å²) in [4.78, 5) is 0. The lowest BCUT2D eigenvalue weighted by Crippen LogP contribution is -2.17. The van der Waals surface area contributed by atoms with Gasteiger partial charge >= 0.3 is 0 Å². The van der Waals surface area contributed by atoms with Gasteiger partial charge in [0.25, 0.3) is 0 Å². The molecule has 2 heterocycles. The number of nitrogens with zero attached hydrogens (tertiary/aromatic N) is 1. The molecule has 0 bridgehead atoms. The minimum absolute atomic E-state index is 0.309. The Morgan fingerprint density at radius 3 is 2.33 bits per heavy atom. The lowest BCUT2D eigenvalue weighted by molar-refractivity contribution is -0.417. The molecule has 6 rings (SSSR count). The lowest BCUT2D eigenvalue weighted by atomic mass is 9.87. The fraction of sp³-hybridized carbons (Fsp3) is 0.118. The van der Waals surface area contributed by atoms with Crippen molar-refractivity contribution in [2.75, 3.05) is 0 Å². The molecule has 176 valence electrons. The first-order chi connectivity index (χ1) is 17.5. The Kier molecular flexibility index (Phi) is 5.62. The molecule has 36 heavy (non-hydrogen) atoms. The summed E-state index contributed by atoms with van der Waals surface area (Å²) in [7, 11) is 0. The van der Waals surface area contributed by atoms with Gasteiger partial charge in [-0.1, -0.05) is 114 Å². The summed E-state index contributed by atoms with van der Waals surface area (Å²) in [5, 5.41) is 2.69. The molecule has 0 saturated carbocycles. The summed E-state index contributed by atoms with van der Waals surface area (Å²) in [6, 6.07) is 31.8. The van der Waals surface area contributed by atoms with Crippen LogP contribution in [-0.2, 0) is 0 Å². The zero-order chi connectivity index (χ0) is 24.8. The van der Waals surface area contributed by atoms with E-state index in [-0.39, 0.29) is 0 Å². The van der Waals surface area contributed by atoms with Crippen LogP contribution in [0.4, 0.5) is 0 Å². The van der Waals surface area contributed by atoms with Gasteiger partial charge in [-0.2, -0.15) is 0 Å². The van der Waals surface area contributed by atoms with Crippen LogP contribution < -0.4 is 0 Å². The topological polar surface area (TPSA) is 3.01 Å². The Bertz CT molecular complexity index is 1670. The van der Waals surface area contributed by atoms with Crippen LogP contribution in [0, 0.1) is 19.9 Å². The number of benzene rings is 4. The van der Waals surface area contributed by atoms with Gasteiger partial charge in [-0.05, 0) is 41.5 Å². The van der Waals surface area contributed by atoms with Gasteiger partial charge in [0.15, 0.2) is 15.4 Å². The minimum Gasteiger partial charge on any atom is -0.255 e. The summed E-state index contributed by atoms with van der Waals surface area (Å²) < 4.78 is 4.69. The van der Waals surface area contributed by atoms with E-state index in [2.05, 4.69) is 131 Å². The van der Waals surface area contributed by atoms with E-state index < -0.39 is 0 Å². The molecule has 0 aliphatic carbocycles. The maximum absolute atomic E-state index is 4.37. The van der Waals surface area contributed by atoms with E-state index in [9.17, 15) is 0 Å². The Morgan fingerprint density at radius 1 is 0.861 bits per heavy atom. The number of fused-ring (bicyclic) bond motifs is 3. The minimum atomic E-state index is 0.309. The molecule has 1 aliphatic heterocycles. The smallest absolute Gasteiger partial charge is 0.159 e. The molecule has 0 fully saturated rings. The van der Waals surface area contributed by atoms with E-state index in [1.807, 2.05) is 15.9 Å². The molecule has 2 heteroatoms. The molecule has 0 amide bonds. The summed E-state index contributed by atoms with van der Waals surface area (Å²) in [5.41, 5.74) is 9.04. The van der Waals surface area contributed by atoms with Crippen molar-refractivity contribution in [2.24, 2.45) is 0 Å². The fourth-order valence-electron chi connectivity index (χ4n) is 5.41. The first-order valence-electron chi connectivity index (χ1n) is 12.4. The van der Waals surface area contributed by atoms with E-state index in [4.69, 9.17) is 0 Å². The SMILES string of the molecule is C=[N+]1C=CC(C(C)c2ccccc2)=C[C-]1c1c(C)cc(C)c2c1[s+][c-]1ccc(-c3ccccc3)cc21. The molecule has 0 spiro atoms. The van der Waals surface area contributed by atoms with E-state index in [0.717, 1.165) is 6.04 Å². The summed E-state index contributed by atoms with van der Waals surface area (Å²) in [6.45, 7) is 11.1. The van der Waals surface area contributed by atoms with E-state index in [0.29, 0.717) is 5.92 Å². The van der Waals surface area contributed by atoms with Gasteiger partial charge in [-0.25, -0.2) is 0 Å². The summed E-state index contributed by atoms with van der Waals surface area (Å²) in [6.07, 6.45) is 6.64. The number of hydrogen-bond acceptors (Lipinski definition) is 0. The Labute approximate surface area is 217 Å². The van der Waals surface area contributed by atoms with Crippen molar-refractivity contribution < 1.29 is 4.58 Å². The fourth-order valence-corrected chi connectivity index (χ4v) is 6.77. The second-order valence-corrected chi connectivity index (χ2v) is 10.8. The highest BCUT2D eigenvalue weighted by atomic mass is 32.1. The monoisotopic (exact) mass is 483 g/mol. The van der Waals surface area contributed by atoms with E-state index in [1.165, 1.54) is 59.1 Å². The van der Waals surface area contributed by atoms with Crippen LogP contribution in [0.2, 0.25) is 0 Å². The average molecular weight is 484 g/mol. The molecule has 0 radical (unpaired) electrons. The number of aryl methyl sites for hydroxylation is 2. The van der Waals surface area contributed by atoms with Crippen LogP contribution in [0.15, 0.2) is 109 Å². The van der Waals surface area contributed by atoms with Crippen molar-refractivity contribution in [1.29, 1.82) is 0 Å². The predicted molar refractivity (Wildman–Crippen MR) is 156 cm³/mol. The number of rotatable bonds is 4. The van der Waals surface area contributed by atoms with Crippen LogP contribution >= 0.6 is 11.3 Å². The molecular formula is C34H29NS. The quantitative estimate of drug-likeness (QED) is 0.136. The van der Waals surface area contributed by atoms with Crippen molar-refractivity contribution in [2.45, 2.75) is 26.7 Å². The molecule has 1 unspecified atom stereocenters. The second kappa shape index (κ2) is 8.96. The number of hydrogen-bond donors (Lipinski definition) is 0. The van der Waals surface area contributed by atoms with Crippen molar-refractivity contribution >= 4 is 38.2 Å². The molecule has 1 aromatic heterocycles. The molecular weight excluding hydrogens is 454 g/mol. The molecule has 1 atom stereocenters. The maximum Gasteiger partial charge on any atom is 0.159 e. The van der Waals surface area contributed by atoms with Gasteiger partial charge in [0.2, 0.25) is 0 Å². The third-order valence-electron chi connectivity index (χ3n) is 7.36. The zero-order valence-corrected chi connectivity index (χ0v) is 21.8. The first kappa shape index (κ1) is 22.6. The number of thiophene rings is 1. The van der Waals surface area contributed by atoms with E-state index >= 15 is 0 Å². The number of allylic oxidation sites excluding steroid dienone is 2. The van der Waals surface area contributed by atoms with Crippen LogP contribution in [0.25, 0.3) is 31.3 Å². The Hall–Kier alpha value is -3.88. The molecule has 4 aromatic carbocycles. The molecule has 0 N–H and O–H groups in total. The molecule has 0 saturated heterocycles. The third kappa shape index (κ3) is 3.79.